The Morgan fingerprint density at radius 3 is 2.31 bits per heavy atom. The second-order valence-corrected chi connectivity index (χ2v) is 8.50. The average Bonchev–Trinajstić information content (AvgIpc) is 2.70. The molecule has 1 aliphatic heterocycles. The van der Waals surface area contributed by atoms with Gasteiger partial charge < -0.3 is 5.32 Å². The van der Waals surface area contributed by atoms with Crippen molar-refractivity contribution >= 4 is 5.91 Å². The summed E-state index contributed by atoms with van der Waals surface area (Å²) < 4.78 is 0. The summed E-state index contributed by atoms with van der Waals surface area (Å²) in [6.45, 7) is 11.6. The Hall–Kier alpha value is -2.24. The molecule has 1 aliphatic rings. The van der Waals surface area contributed by atoms with E-state index >= 15 is 0 Å². The van der Waals surface area contributed by atoms with Gasteiger partial charge in [0, 0.05) is 38.9 Å². The van der Waals surface area contributed by atoms with E-state index < -0.39 is 0 Å². The van der Waals surface area contributed by atoms with Crippen LogP contribution in [0.2, 0.25) is 0 Å². The van der Waals surface area contributed by atoms with Crippen molar-refractivity contribution < 1.29 is 4.79 Å². The standard InChI is InChI=1S/C24H34N4O/c1-19(2)16-21-7-9-22(10-8-21)20(3)26-24(29)18-28-14-12-27(13-15-28)17-23-6-4-5-11-25-23/h4-11,19-20H,12-18H2,1-3H3,(H,26,29)/t20-/m1/s1. The van der Waals surface area contributed by atoms with Crippen LogP contribution in [0, 0.1) is 5.92 Å². The number of aromatic nitrogens is 1. The number of hydrogen-bond acceptors (Lipinski definition) is 4. The molecule has 5 nitrogen and oxygen atoms in total. The predicted octanol–water partition coefficient (Wildman–Crippen LogP) is 3.28. The molecule has 29 heavy (non-hydrogen) atoms. The number of piperazine rings is 1. The average molecular weight is 395 g/mol. The molecule has 1 atom stereocenters. The first-order valence-electron chi connectivity index (χ1n) is 10.7. The first-order valence-corrected chi connectivity index (χ1v) is 10.7. The summed E-state index contributed by atoms with van der Waals surface area (Å²) in [6, 6.07) is 14.7. The molecule has 3 rings (SSSR count). The predicted molar refractivity (Wildman–Crippen MR) is 117 cm³/mol. The van der Waals surface area contributed by atoms with Gasteiger partial charge in [0.25, 0.3) is 0 Å². The van der Waals surface area contributed by atoms with Crippen LogP contribution in [-0.4, -0.2) is 53.4 Å². The third-order valence-corrected chi connectivity index (χ3v) is 5.45. The second kappa shape index (κ2) is 10.5. The highest BCUT2D eigenvalue weighted by Crippen LogP contribution is 2.16. The number of carbonyl (C=O) groups excluding carboxylic acids is 1. The van der Waals surface area contributed by atoms with E-state index in [1.165, 1.54) is 5.56 Å². The molecule has 1 N–H and O–H groups in total. The number of benzene rings is 1. The molecule has 0 spiro atoms. The number of hydrogen-bond donors (Lipinski definition) is 1. The first kappa shape index (κ1) is 21.5. The summed E-state index contributed by atoms with van der Waals surface area (Å²) in [5.74, 6) is 0.754. The Balaban J connectivity index is 1.40. The van der Waals surface area contributed by atoms with Gasteiger partial charge in [0.15, 0.2) is 0 Å². The Bertz CT molecular complexity index is 752. The van der Waals surface area contributed by atoms with Crippen LogP contribution >= 0.6 is 0 Å². The zero-order valence-corrected chi connectivity index (χ0v) is 18.0. The van der Waals surface area contributed by atoms with E-state index in [2.05, 4.69) is 71.2 Å². The molecular weight excluding hydrogens is 360 g/mol. The molecule has 1 amide bonds. The molecule has 156 valence electrons. The van der Waals surface area contributed by atoms with Crippen molar-refractivity contribution in [3.05, 3.63) is 65.5 Å². The Morgan fingerprint density at radius 2 is 1.69 bits per heavy atom. The van der Waals surface area contributed by atoms with E-state index in [9.17, 15) is 4.79 Å². The summed E-state index contributed by atoms with van der Waals surface area (Å²) in [6.07, 6.45) is 2.93. The molecule has 1 fully saturated rings. The Morgan fingerprint density at radius 1 is 1.00 bits per heavy atom. The zero-order chi connectivity index (χ0) is 20.6. The molecule has 1 aromatic heterocycles. The van der Waals surface area contributed by atoms with Gasteiger partial charge in [0.2, 0.25) is 5.91 Å². The minimum atomic E-state index is 0.0287. The van der Waals surface area contributed by atoms with Gasteiger partial charge in [-0.3, -0.25) is 19.6 Å². The summed E-state index contributed by atoms with van der Waals surface area (Å²) >= 11 is 0. The number of carbonyl (C=O) groups is 1. The smallest absolute Gasteiger partial charge is 0.234 e. The summed E-state index contributed by atoms with van der Waals surface area (Å²) in [5.41, 5.74) is 3.61. The molecule has 2 aromatic rings. The van der Waals surface area contributed by atoms with Crippen molar-refractivity contribution in [2.45, 2.75) is 39.8 Å². The van der Waals surface area contributed by atoms with Crippen LogP contribution in [0.5, 0.6) is 0 Å². The van der Waals surface area contributed by atoms with Crippen molar-refractivity contribution in [1.29, 1.82) is 0 Å². The van der Waals surface area contributed by atoms with Gasteiger partial charge in [0.1, 0.15) is 0 Å². The van der Waals surface area contributed by atoms with Gasteiger partial charge in [-0.1, -0.05) is 44.2 Å². The van der Waals surface area contributed by atoms with Crippen molar-refractivity contribution in [2.24, 2.45) is 5.92 Å². The monoisotopic (exact) mass is 394 g/mol. The number of rotatable bonds is 8. The lowest BCUT2D eigenvalue weighted by Gasteiger charge is -2.34. The Kier molecular flexibility index (Phi) is 7.78. The highest BCUT2D eigenvalue weighted by atomic mass is 16.2. The lowest BCUT2D eigenvalue weighted by atomic mass is 10.00. The van der Waals surface area contributed by atoms with Crippen LogP contribution in [0.3, 0.4) is 0 Å². The summed E-state index contributed by atoms with van der Waals surface area (Å²) in [5, 5.41) is 3.15. The van der Waals surface area contributed by atoms with Crippen LogP contribution in [-0.2, 0) is 17.8 Å². The van der Waals surface area contributed by atoms with Gasteiger partial charge in [-0.05, 0) is 42.5 Å². The fourth-order valence-corrected chi connectivity index (χ4v) is 3.81. The highest BCUT2D eigenvalue weighted by Gasteiger charge is 2.20. The highest BCUT2D eigenvalue weighted by molar-refractivity contribution is 5.78. The summed E-state index contributed by atoms with van der Waals surface area (Å²) in [7, 11) is 0. The quantitative estimate of drug-likeness (QED) is 0.747. The minimum absolute atomic E-state index is 0.0287. The number of pyridine rings is 1. The van der Waals surface area contributed by atoms with Gasteiger partial charge in [0.05, 0.1) is 18.3 Å². The van der Waals surface area contributed by atoms with Gasteiger partial charge in [-0.15, -0.1) is 0 Å². The fourth-order valence-electron chi connectivity index (χ4n) is 3.81. The first-order chi connectivity index (χ1) is 14.0. The maximum absolute atomic E-state index is 12.5. The molecule has 0 aliphatic carbocycles. The number of nitrogens with one attached hydrogen (secondary N) is 1. The van der Waals surface area contributed by atoms with Crippen molar-refractivity contribution in [3.63, 3.8) is 0 Å². The summed E-state index contributed by atoms with van der Waals surface area (Å²) in [4.78, 5) is 21.5. The van der Waals surface area contributed by atoms with Crippen LogP contribution in [0.1, 0.15) is 43.6 Å². The van der Waals surface area contributed by atoms with Crippen LogP contribution < -0.4 is 5.32 Å². The number of amides is 1. The number of nitrogens with zero attached hydrogens (tertiary/aromatic N) is 3. The van der Waals surface area contributed by atoms with Crippen LogP contribution in [0.15, 0.2) is 48.7 Å². The van der Waals surface area contributed by atoms with Gasteiger partial charge in [-0.25, -0.2) is 0 Å². The third-order valence-electron chi connectivity index (χ3n) is 5.45. The van der Waals surface area contributed by atoms with E-state index in [-0.39, 0.29) is 11.9 Å². The van der Waals surface area contributed by atoms with Crippen molar-refractivity contribution in [1.82, 2.24) is 20.1 Å². The molecule has 1 saturated heterocycles. The van der Waals surface area contributed by atoms with Gasteiger partial charge >= 0.3 is 0 Å². The van der Waals surface area contributed by atoms with Crippen LogP contribution in [0.25, 0.3) is 0 Å². The minimum Gasteiger partial charge on any atom is -0.348 e. The van der Waals surface area contributed by atoms with Crippen LogP contribution in [0.4, 0.5) is 0 Å². The molecular formula is C24H34N4O. The molecule has 0 saturated carbocycles. The molecule has 5 heteroatoms. The largest absolute Gasteiger partial charge is 0.348 e. The van der Waals surface area contributed by atoms with E-state index in [4.69, 9.17) is 0 Å². The molecule has 2 heterocycles. The molecule has 1 aromatic carbocycles. The van der Waals surface area contributed by atoms with E-state index in [1.54, 1.807) is 0 Å². The maximum atomic E-state index is 12.5. The second-order valence-electron chi connectivity index (χ2n) is 8.50. The van der Waals surface area contributed by atoms with Gasteiger partial charge in [-0.2, -0.15) is 0 Å². The lowest BCUT2D eigenvalue weighted by Crippen LogP contribution is -2.49. The van der Waals surface area contributed by atoms with E-state index in [0.29, 0.717) is 12.5 Å². The normalized spacial score (nSPS) is 16.7. The Labute approximate surface area is 175 Å². The fraction of sp³-hybridized carbons (Fsp3) is 0.500. The SMILES string of the molecule is CC(C)Cc1ccc([C@@H](C)NC(=O)CN2CCN(Cc3ccccn3)CC2)cc1. The molecule has 0 unspecified atom stereocenters. The molecule has 0 radical (unpaired) electrons. The maximum Gasteiger partial charge on any atom is 0.234 e. The third kappa shape index (κ3) is 6.94. The van der Waals surface area contributed by atoms with E-state index in [0.717, 1.165) is 50.4 Å². The van der Waals surface area contributed by atoms with Crippen molar-refractivity contribution in [3.8, 4) is 0 Å². The lowest BCUT2D eigenvalue weighted by molar-refractivity contribution is -0.123. The zero-order valence-electron chi connectivity index (χ0n) is 18.0. The van der Waals surface area contributed by atoms with E-state index in [1.807, 2.05) is 18.3 Å². The topological polar surface area (TPSA) is 48.5 Å². The van der Waals surface area contributed by atoms with Crippen molar-refractivity contribution in [2.75, 3.05) is 32.7 Å². The molecule has 0 bridgehead atoms.